The molecular formula is C44H45F5N6O2. The summed E-state index contributed by atoms with van der Waals surface area (Å²) in [6.07, 6.45) is -0.948. The molecule has 0 saturated carbocycles. The Morgan fingerprint density at radius 1 is 0.649 bits per heavy atom. The summed E-state index contributed by atoms with van der Waals surface area (Å²) in [4.78, 5) is 15.1. The summed E-state index contributed by atoms with van der Waals surface area (Å²) in [5.41, 5.74) is 6.03. The average molecular weight is 785 g/mol. The number of nitrogens with zero attached hydrogens (tertiary/aromatic N) is 5. The van der Waals surface area contributed by atoms with Crippen LogP contribution in [-0.2, 0) is 22.3 Å². The van der Waals surface area contributed by atoms with Gasteiger partial charge in [-0.3, -0.25) is 4.90 Å². The van der Waals surface area contributed by atoms with Crippen LogP contribution in [0, 0.1) is 11.6 Å². The van der Waals surface area contributed by atoms with Crippen LogP contribution in [-0.4, -0.2) is 103 Å². The van der Waals surface area contributed by atoms with Crippen LogP contribution < -0.4 is 5.32 Å². The number of hydrogen-bond donors (Lipinski definition) is 1. The second-order valence-corrected chi connectivity index (χ2v) is 16.0. The third-order valence-corrected chi connectivity index (χ3v) is 12.1. The molecule has 6 heterocycles. The normalized spacial score (nSPS) is 26.7. The summed E-state index contributed by atoms with van der Waals surface area (Å²) in [5.74, 6) is -0.515. The van der Waals surface area contributed by atoms with Crippen LogP contribution in [0.4, 0.5) is 22.0 Å². The Balaban J connectivity index is 0.000000150. The number of rotatable bonds is 3. The van der Waals surface area contributed by atoms with Gasteiger partial charge in [-0.05, 0) is 77.0 Å². The summed E-state index contributed by atoms with van der Waals surface area (Å²) < 4.78 is 78.1. The highest BCUT2D eigenvalue weighted by molar-refractivity contribution is 5.78. The van der Waals surface area contributed by atoms with Crippen molar-refractivity contribution in [3.63, 3.8) is 0 Å². The maximum absolute atomic E-state index is 13.6. The minimum Gasteiger partial charge on any atom is -0.455 e. The van der Waals surface area contributed by atoms with Gasteiger partial charge in [0, 0.05) is 45.6 Å². The Morgan fingerprint density at radius 2 is 1.16 bits per heavy atom. The van der Waals surface area contributed by atoms with Crippen molar-refractivity contribution >= 4 is 12.0 Å². The zero-order valence-corrected chi connectivity index (χ0v) is 31.5. The number of amidine groups is 2. The summed E-state index contributed by atoms with van der Waals surface area (Å²) >= 11 is 0. The third-order valence-electron chi connectivity index (χ3n) is 12.1. The number of likely N-dealkylation sites (tertiary alicyclic amines) is 1. The molecule has 57 heavy (non-hydrogen) atoms. The first-order chi connectivity index (χ1) is 27.6. The van der Waals surface area contributed by atoms with Gasteiger partial charge in [0.1, 0.15) is 22.8 Å². The number of ether oxygens (including phenoxy) is 2. The van der Waals surface area contributed by atoms with Crippen LogP contribution >= 0.6 is 0 Å². The lowest BCUT2D eigenvalue weighted by atomic mass is 9.88. The van der Waals surface area contributed by atoms with Gasteiger partial charge in [0.25, 0.3) is 12.0 Å². The monoisotopic (exact) mass is 784 g/mol. The average Bonchev–Trinajstić information content (AvgIpc) is 4.04. The minimum absolute atomic E-state index is 0.00353. The molecule has 0 radical (unpaired) electrons. The Bertz CT molecular complexity index is 2140. The lowest BCUT2D eigenvalue weighted by molar-refractivity contribution is -0.144. The predicted octanol–water partition coefficient (Wildman–Crippen LogP) is 7.06. The molecule has 4 atom stereocenters. The van der Waals surface area contributed by atoms with E-state index in [1.807, 2.05) is 24.3 Å². The smallest absolute Gasteiger partial charge is 0.401 e. The van der Waals surface area contributed by atoms with Crippen molar-refractivity contribution in [2.75, 3.05) is 58.9 Å². The molecule has 0 amide bonds. The molecule has 298 valence electrons. The molecule has 1 N–H and O–H groups in total. The fraction of sp³-hybridized carbons (Fsp3) is 0.409. The molecule has 0 unspecified atom stereocenters. The van der Waals surface area contributed by atoms with Crippen LogP contribution in [0.15, 0.2) is 107 Å². The molecule has 8 nitrogen and oxygen atoms in total. The number of halogens is 5. The fourth-order valence-corrected chi connectivity index (χ4v) is 9.26. The van der Waals surface area contributed by atoms with E-state index in [1.165, 1.54) is 45.9 Å². The van der Waals surface area contributed by atoms with Crippen molar-refractivity contribution in [1.29, 1.82) is 0 Å². The summed E-state index contributed by atoms with van der Waals surface area (Å²) in [6.45, 7) is 4.04. The van der Waals surface area contributed by atoms with Gasteiger partial charge in [-0.15, -0.1) is 0 Å². The Kier molecular flexibility index (Phi) is 9.92. The van der Waals surface area contributed by atoms with Crippen LogP contribution in [0.2, 0.25) is 0 Å². The number of aliphatic imine (C=N–C) groups is 2. The number of hydrogen-bond acceptors (Lipinski definition) is 8. The predicted molar refractivity (Wildman–Crippen MR) is 207 cm³/mol. The van der Waals surface area contributed by atoms with Gasteiger partial charge in [0.15, 0.2) is 0 Å². The molecule has 0 aliphatic carbocycles. The molecular weight excluding hydrogens is 740 g/mol. The standard InChI is InChI=1S/C23H23F4N3O.C21H22FN3O/c24-18-7-5-17(6-8-18)20-19-4-2-1-3-16(19)9-11-30(20)21-28-13-22(31-21)10-12-29(14-22)15-23(25,26)27;22-17-7-5-16(6-8-17)19-18-4-2-1-3-15(18)9-12-25(19)20-24-14-21(26-20)10-11-23-13-21/h1-8,20H,9-15H2;1-8,19,23H,9-14H2/t20-,22-;19-,21+/m00/s1. The highest BCUT2D eigenvalue weighted by Crippen LogP contribution is 2.41. The molecule has 0 bridgehead atoms. The van der Waals surface area contributed by atoms with E-state index in [4.69, 9.17) is 14.5 Å². The number of benzene rings is 4. The number of nitrogens with one attached hydrogen (secondary N) is 1. The summed E-state index contributed by atoms with van der Waals surface area (Å²) in [7, 11) is 0. The van der Waals surface area contributed by atoms with E-state index < -0.39 is 18.3 Å². The first-order valence-electron chi connectivity index (χ1n) is 19.7. The van der Waals surface area contributed by atoms with E-state index in [0.29, 0.717) is 38.6 Å². The second-order valence-electron chi connectivity index (χ2n) is 16.0. The molecule has 2 saturated heterocycles. The Morgan fingerprint density at radius 3 is 1.67 bits per heavy atom. The van der Waals surface area contributed by atoms with E-state index in [0.717, 1.165) is 61.6 Å². The van der Waals surface area contributed by atoms with Crippen LogP contribution in [0.25, 0.3) is 0 Å². The van der Waals surface area contributed by atoms with Crippen molar-refractivity contribution in [1.82, 2.24) is 20.0 Å². The highest BCUT2D eigenvalue weighted by Gasteiger charge is 2.49. The van der Waals surface area contributed by atoms with Crippen molar-refractivity contribution < 1.29 is 31.4 Å². The van der Waals surface area contributed by atoms with Gasteiger partial charge < -0.3 is 24.6 Å². The molecule has 2 fully saturated rings. The van der Waals surface area contributed by atoms with Gasteiger partial charge in [-0.25, -0.2) is 18.8 Å². The lowest BCUT2D eigenvalue weighted by Gasteiger charge is -2.39. The zero-order chi connectivity index (χ0) is 39.2. The van der Waals surface area contributed by atoms with E-state index in [9.17, 15) is 22.0 Å². The van der Waals surface area contributed by atoms with Crippen LogP contribution in [0.3, 0.4) is 0 Å². The van der Waals surface area contributed by atoms with Crippen molar-refractivity contribution in [2.45, 2.75) is 55.1 Å². The fourth-order valence-electron chi connectivity index (χ4n) is 9.26. The van der Waals surface area contributed by atoms with Gasteiger partial charge in [-0.2, -0.15) is 13.2 Å². The maximum Gasteiger partial charge on any atom is 0.401 e. The van der Waals surface area contributed by atoms with E-state index >= 15 is 0 Å². The third kappa shape index (κ3) is 7.71. The molecule has 6 aliphatic rings. The first kappa shape index (κ1) is 37.6. The molecule has 6 aliphatic heterocycles. The largest absolute Gasteiger partial charge is 0.455 e. The highest BCUT2D eigenvalue weighted by atomic mass is 19.4. The molecule has 10 rings (SSSR count). The zero-order valence-electron chi connectivity index (χ0n) is 31.5. The Hall–Kier alpha value is -5.01. The summed E-state index contributed by atoms with van der Waals surface area (Å²) in [5, 5.41) is 3.38. The molecule has 0 aromatic heterocycles. The molecule has 2 spiro atoms. The summed E-state index contributed by atoms with van der Waals surface area (Å²) in [6, 6.07) is 30.9. The quantitative estimate of drug-likeness (QED) is 0.225. The van der Waals surface area contributed by atoms with Gasteiger partial charge >= 0.3 is 6.18 Å². The van der Waals surface area contributed by atoms with Crippen molar-refractivity contribution in [3.05, 3.63) is 142 Å². The van der Waals surface area contributed by atoms with Crippen LogP contribution in [0.5, 0.6) is 0 Å². The SMILES string of the molecule is Fc1ccc([C@H]2c3ccccc3CCN2C2=NC[C@]3(CCN(CC(F)(F)F)C3)O2)cc1.Fc1ccc([C@H]2c3ccccc3CCN2C2=NC[C@]3(CCNC3)O2)cc1. The van der Waals surface area contributed by atoms with Gasteiger partial charge in [0.2, 0.25) is 0 Å². The lowest BCUT2D eigenvalue weighted by Crippen LogP contribution is -2.45. The Labute approximate surface area is 329 Å². The van der Waals surface area contributed by atoms with Crippen molar-refractivity contribution in [2.24, 2.45) is 9.98 Å². The van der Waals surface area contributed by atoms with E-state index in [1.54, 1.807) is 12.1 Å². The number of fused-ring (bicyclic) bond motifs is 2. The number of alkyl halides is 3. The van der Waals surface area contributed by atoms with Gasteiger partial charge in [-0.1, -0.05) is 72.8 Å². The second kappa shape index (κ2) is 15.1. The first-order valence-corrected chi connectivity index (χ1v) is 19.7. The van der Waals surface area contributed by atoms with Crippen molar-refractivity contribution in [3.8, 4) is 0 Å². The molecule has 4 aromatic carbocycles. The van der Waals surface area contributed by atoms with E-state index in [2.05, 4.69) is 56.5 Å². The molecule has 13 heteroatoms. The molecule has 4 aromatic rings. The maximum atomic E-state index is 13.6. The minimum atomic E-state index is -4.22. The van der Waals surface area contributed by atoms with Gasteiger partial charge in [0.05, 0.1) is 31.7 Å². The van der Waals surface area contributed by atoms with E-state index in [-0.39, 0.29) is 35.9 Å². The van der Waals surface area contributed by atoms with Crippen LogP contribution in [0.1, 0.15) is 58.3 Å². The topological polar surface area (TPSA) is 64.9 Å².